The van der Waals surface area contributed by atoms with Crippen molar-refractivity contribution in [1.82, 2.24) is 0 Å². The van der Waals surface area contributed by atoms with Gasteiger partial charge in [0.05, 0.1) is 0 Å². The van der Waals surface area contributed by atoms with E-state index in [2.05, 4.69) is 0 Å². The molecule has 4 heteroatoms. The van der Waals surface area contributed by atoms with Gasteiger partial charge in [-0.25, -0.2) is 4.39 Å². The Morgan fingerprint density at radius 2 is 1.68 bits per heavy atom. The number of ether oxygens (including phenoxy) is 1. The molecule has 0 saturated carbocycles. The van der Waals surface area contributed by atoms with Crippen molar-refractivity contribution < 1.29 is 9.13 Å². The highest BCUT2D eigenvalue weighted by molar-refractivity contribution is 5.85. The summed E-state index contributed by atoms with van der Waals surface area (Å²) in [6.45, 7) is 2.72. The van der Waals surface area contributed by atoms with Crippen LogP contribution in [0.25, 0.3) is 11.1 Å². The van der Waals surface area contributed by atoms with Gasteiger partial charge in [-0.2, -0.15) is 0 Å². The maximum absolute atomic E-state index is 13.8. The molecule has 0 bridgehead atoms. The minimum atomic E-state index is -0.360. The number of nitrogens with two attached hydrogens (primary N) is 1. The van der Waals surface area contributed by atoms with Crippen LogP contribution in [0.2, 0.25) is 0 Å². The number of halogens is 2. The van der Waals surface area contributed by atoms with E-state index in [1.54, 1.807) is 6.07 Å². The van der Waals surface area contributed by atoms with E-state index in [-0.39, 0.29) is 24.0 Å². The molecule has 2 rings (SSSR count). The van der Waals surface area contributed by atoms with Gasteiger partial charge in [-0.15, -0.1) is 12.4 Å². The molecule has 0 unspecified atom stereocenters. The number of aryl methyl sites for hydroxylation is 1. The minimum Gasteiger partial charge on any atom is -0.489 e. The Bertz CT molecular complexity index is 528. The van der Waals surface area contributed by atoms with Gasteiger partial charge in [0.2, 0.25) is 0 Å². The van der Waals surface area contributed by atoms with Gasteiger partial charge in [-0.3, -0.25) is 0 Å². The first-order valence-corrected chi connectivity index (χ1v) is 5.90. The molecule has 2 aromatic rings. The molecule has 0 amide bonds. The Labute approximate surface area is 118 Å². The van der Waals surface area contributed by atoms with Crippen molar-refractivity contribution in [3.63, 3.8) is 0 Å². The normalized spacial score (nSPS) is 9.84. The second-order valence-electron chi connectivity index (χ2n) is 4.15. The summed E-state index contributed by atoms with van der Waals surface area (Å²) in [7, 11) is 0. The van der Waals surface area contributed by atoms with Crippen molar-refractivity contribution in [1.29, 1.82) is 0 Å². The van der Waals surface area contributed by atoms with Crippen molar-refractivity contribution in [3.05, 3.63) is 53.8 Å². The quantitative estimate of drug-likeness (QED) is 0.930. The van der Waals surface area contributed by atoms with Gasteiger partial charge in [0.15, 0.2) is 11.6 Å². The van der Waals surface area contributed by atoms with Crippen LogP contribution in [0.5, 0.6) is 5.75 Å². The smallest absolute Gasteiger partial charge is 0.165 e. The second-order valence-corrected chi connectivity index (χ2v) is 4.15. The van der Waals surface area contributed by atoms with Crippen LogP contribution in [0.1, 0.15) is 5.56 Å². The van der Waals surface area contributed by atoms with Gasteiger partial charge >= 0.3 is 0 Å². The first kappa shape index (κ1) is 15.5. The summed E-state index contributed by atoms with van der Waals surface area (Å²) in [6.07, 6.45) is 0. The first-order chi connectivity index (χ1) is 8.70. The van der Waals surface area contributed by atoms with E-state index in [0.717, 1.165) is 11.1 Å². The third-order valence-electron chi connectivity index (χ3n) is 2.69. The first-order valence-electron chi connectivity index (χ1n) is 5.90. The Hall–Kier alpha value is -1.58. The van der Waals surface area contributed by atoms with Crippen molar-refractivity contribution in [2.24, 2.45) is 5.73 Å². The van der Waals surface area contributed by atoms with Crippen LogP contribution in [0.3, 0.4) is 0 Å². The number of rotatable bonds is 4. The zero-order valence-corrected chi connectivity index (χ0v) is 11.5. The van der Waals surface area contributed by atoms with E-state index in [1.807, 2.05) is 37.3 Å². The molecule has 0 heterocycles. The fourth-order valence-corrected chi connectivity index (χ4v) is 1.71. The zero-order valence-electron chi connectivity index (χ0n) is 10.7. The van der Waals surface area contributed by atoms with E-state index in [0.29, 0.717) is 13.2 Å². The highest BCUT2D eigenvalue weighted by atomic mass is 35.5. The van der Waals surface area contributed by atoms with Crippen molar-refractivity contribution >= 4 is 12.4 Å². The molecule has 0 fully saturated rings. The highest BCUT2D eigenvalue weighted by Crippen LogP contribution is 2.25. The lowest BCUT2D eigenvalue weighted by molar-refractivity contribution is 0.311. The van der Waals surface area contributed by atoms with Gasteiger partial charge in [-0.05, 0) is 30.2 Å². The zero-order chi connectivity index (χ0) is 13.0. The second kappa shape index (κ2) is 7.12. The van der Waals surface area contributed by atoms with Crippen molar-refractivity contribution in [2.45, 2.75) is 6.92 Å². The maximum Gasteiger partial charge on any atom is 0.165 e. The molecule has 2 nitrogen and oxygen atoms in total. The summed E-state index contributed by atoms with van der Waals surface area (Å²) in [5, 5.41) is 0. The fraction of sp³-hybridized carbons (Fsp3) is 0.200. The van der Waals surface area contributed by atoms with E-state index in [9.17, 15) is 4.39 Å². The third-order valence-corrected chi connectivity index (χ3v) is 2.69. The lowest BCUT2D eigenvalue weighted by Gasteiger charge is -2.08. The molecule has 2 N–H and O–H groups in total. The minimum absolute atomic E-state index is 0. The van der Waals surface area contributed by atoms with Crippen LogP contribution in [0.4, 0.5) is 4.39 Å². The van der Waals surface area contributed by atoms with E-state index >= 15 is 0 Å². The van der Waals surface area contributed by atoms with Crippen molar-refractivity contribution in [2.75, 3.05) is 13.2 Å². The molecule has 0 aliphatic rings. The average Bonchev–Trinajstić information content (AvgIpc) is 2.38. The van der Waals surface area contributed by atoms with Crippen LogP contribution < -0.4 is 10.5 Å². The van der Waals surface area contributed by atoms with Gasteiger partial charge < -0.3 is 10.5 Å². The van der Waals surface area contributed by atoms with E-state index < -0.39 is 0 Å². The standard InChI is InChI=1S/C15H16FNO.ClH/c1-11-2-4-12(5-3-11)13-6-7-15(14(16)10-13)18-9-8-17;/h2-7,10H,8-9,17H2,1H3;1H. The number of hydrogen-bond acceptors (Lipinski definition) is 2. The molecule has 0 radical (unpaired) electrons. The predicted molar refractivity (Wildman–Crippen MR) is 78.4 cm³/mol. The molecule has 0 saturated heterocycles. The molecular formula is C15H17ClFNO. The SMILES string of the molecule is Cc1ccc(-c2ccc(OCCN)c(F)c2)cc1.Cl. The van der Waals surface area contributed by atoms with Crippen LogP contribution in [0.15, 0.2) is 42.5 Å². The molecular weight excluding hydrogens is 265 g/mol. The molecule has 0 atom stereocenters. The van der Waals surface area contributed by atoms with Crippen LogP contribution >= 0.6 is 12.4 Å². The maximum atomic E-state index is 13.8. The summed E-state index contributed by atoms with van der Waals surface area (Å²) in [4.78, 5) is 0. The Morgan fingerprint density at radius 1 is 1.05 bits per heavy atom. The molecule has 0 aliphatic heterocycles. The molecule has 0 spiro atoms. The fourth-order valence-electron chi connectivity index (χ4n) is 1.71. The lowest BCUT2D eigenvalue weighted by Crippen LogP contribution is -2.11. The van der Waals surface area contributed by atoms with E-state index in [1.165, 1.54) is 11.6 Å². The predicted octanol–water partition coefficient (Wildman–Crippen LogP) is 3.56. The van der Waals surface area contributed by atoms with Gasteiger partial charge in [0.1, 0.15) is 6.61 Å². The van der Waals surface area contributed by atoms with Crippen LogP contribution in [-0.4, -0.2) is 13.2 Å². The molecule has 2 aromatic carbocycles. The highest BCUT2D eigenvalue weighted by Gasteiger charge is 2.05. The summed E-state index contributed by atoms with van der Waals surface area (Å²) < 4.78 is 19.0. The van der Waals surface area contributed by atoms with Gasteiger partial charge in [0.25, 0.3) is 0 Å². The molecule has 102 valence electrons. The van der Waals surface area contributed by atoms with Crippen molar-refractivity contribution in [3.8, 4) is 16.9 Å². The lowest BCUT2D eigenvalue weighted by atomic mass is 10.0. The molecule has 19 heavy (non-hydrogen) atoms. The van der Waals surface area contributed by atoms with Crippen LogP contribution in [0, 0.1) is 12.7 Å². The topological polar surface area (TPSA) is 35.2 Å². The third kappa shape index (κ3) is 3.94. The average molecular weight is 282 g/mol. The summed E-state index contributed by atoms with van der Waals surface area (Å²) in [5.74, 6) is -0.113. The molecule has 0 aromatic heterocycles. The Kier molecular flexibility index (Phi) is 5.80. The van der Waals surface area contributed by atoms with Gasteiger partial charge in [-0.1, -0.05) is 35.9 Å². The number of hydrogen-bond donors (Lipinski definition) is 1. The number of benzene rings is 2. The van der Waals surface area contributed by atoms with Crippen LogP contribution in [-0.2, 0) is 0 Å². The largest absolute Gasteiger partial charge is 0.489 e. The Morgan fingerprint density at radius 3 is 2.26 bits per heavy atom. The summed E-state index contributed by atoms with van der Waals surface area (Å²) in [6, 6.07) is 12.9. The van der Waals surface area contributed by atoms with E-state index in [4.69, 9.17) is 10.5 Å². The monoisotopic (exact) mass is 281 g/mol. The summed E-state index contributed by atoms with van der Waals surface area (Å²) in [5.41, 5.74) is 8.33. The summed E-state index contributed by atoms with van der Waals surface area (Å²) >= 11 is 0. The Balaban J connectivity index is 0.00000180. The molecule has 0 aliphatic carbocycles. The van der Waals surface area contributed by atoms with Gasteiger partial charge in [0, 0.05) is 6.54 Å².